The van der Waals surface area contributed by atoms with E-state index in [1.165, 1.54) is 0 Å². The predicted molar refractivity (Wildman–Crippen MR) is 90.1 cm³/mol. The molecule has 0 spiro atoms. The van der Waals surface area contributed by atoms with Crippen LogP contribution in [0.3, 0.4) is 0 Å². The first-order chi connectivity index (χ1) is 11.6. The number of carbonyl (C=O) groups excluding carboxylic acids is 1. The van der Waals surface area contributed by atoms with Gasteiger partial charge >= 0.3 is 5.97 Å². The van der Waals surface area contributed by atoms with Crippen molar-refractivity contribution >= 4 is 11.9 Å². The zero-order chi connectivity index (χ0) is 17.1. The van der Waals surface area contributed by atoms with Crippen molar-refractivity contribution in [3.8, 4) is 16.9 Å². The molecule has 124 valence electrons. The third-order valence-corrected chi connectivity index (χ3v) is 4.38. The molecule has 1 aliphatic heterocycles. The van der Waals surface area contributed by atoms with Crippen LogP contribution >= 0.6 is 0 Å². The van der Waals surface area contributed by atoms with Crippen LogP contribution in [-0.2, 0) is 4.79 Å². The molecule has 1 amide bonds. The van der Waals surface area contributed by atoms with Crippen LogP contribution < -0.4 is 4.74 Å². The summed E-state index contributed by atoms with van der Waals surface area (Å²) < 4.78 is 5.72. The molecule has 2 aromatic carbocycles. The fourth-order valence-electron chi connectivity index (χ4n) is 2.88. The first-order valence-corrected chi connectivity index (χ1v) is 7.87. The Morgan fingerprint density at radius 3 is 2.58 bits per heavy atom. The number of likely N-dealkylation sites (tertiary alicyclic amines) is 1. The lowest BCUT2D eigenvalue weighted by molar-refractivity contribution is -0.127. The number of hydrogen-bond donors (Lipinski definition) is 1. The highest BCUT2D eigenvalue weighted by Crippen LogP contribution is 2.28. The zero-order valence-electron chi connectivity index (χ0n) is 13.4. The van der Waals surface area contributed by atoms with Crippen LogP contribution in [0.5, 0.6) is 5.75 Å². The molecule has 3 rings (SSSR count). The highest BCUT2D eigenvalue weighted by Gasteiger charge is 2.28. The highest BCUT2D eigenvalue weighted by atomic mass is 16.5. The molecule has 5 nitrogen and oxygen atoms in total. The number of carbonyl (C=O) groups is 2. The van der Waals surface area contributed by atoms with Gasteiger partial charge in [-0.05, 0) is 29.7 Å². The van der Waals surface area contributed by atoms with E-state index in [1.807, 2.05) is 36.4 Å². The van der Waals surface area contributed by atoms with E-state index in [-0.39, 0.29) is 17.5 Å². The van der Waals surface area contributed by atoms with E-state index in [4.69, 9.17) is 4.74 Å². The monoisotopic (exact) mass is 325 g/mol. The number of benzene rings is 2. The Bertz CT molecular complexity index is 757. The van der Waals surface area contributed by atoms with Crippen molar-refractivity contribution in [1.29, 1.82) is 0 Å². The molecule has 1 atom stereocenters. The molecule has 1 saturated heterocycles. The Balaban J connectivity index is 1.80. The van der Waals surface area contributed by atoms with Crippen LogP contribution in [0.15, 0.2) is 48.5 Å². The third-order valence-electron chi connectivity index (χ3n) is 4.38. The van der Waals surface area contributed by atoms with Crippen molar-refractivity contribution in [1.82, 2.24) is 4.90 Å². The number of carboxylic acid groups (broad SMARTS) is 1. The fourth-order valence-corrected chi connectivity index (χ4v) is 2.88. The lowest BCUT2D eigenvalue weighted by Gasteiger charge is -2.20. The van der Waals surface area contributed by atoms with E-state index in [0.717, 1.165) is 17.5 Å². The summed E-state index contributed by atoms with van der Waals surface area (Å²) in [4.78, 5) is 24.8. The maximum absolute atomic E-state index is 11.6. The second kappa shape index (κ2) is 6.74. The fraction of sp³-hybridized carbons (Fsp3) is 0.263. The Hall–Kier alpha value is -2.82. The molecule has 0 aromatic heterocycles. The Kier molecular flexibility index (Phi) is 4.51. The number of hydrogen-bond acceptors (Lipinski definition) is 3. The van der Waals surface area contributed by atoms with E-state index in [0.29, 0.717) is 18.8 Å². The summed E-state index contributed by atoms with van der Waals surface area (Å²) in [5.74, 6) is -0.602. The van der Waals surface area contributed by atoms with Gasteiger partial charge in [-0.2, -0.15) is 0 Å². The quantitative estimate of drug-likeness (QED) is 0.917. The van der Waals surface area contributed by atoms with Gasteiger partial charge in [0.2, 0.25) is 5.91 Å². The molecule has 0 radical (unpaired) electrons. The van der Waals surface area contributed by atoms with Gasteiger partial charge in [0, 0.05) is 13.5 Å². The summed E-state index contributed by atoms with van der Waals surface area (Å²) in [5, 5.41) is 9.48. The lowest BCUT2D eigenvalue weighted by Crippen LogP contribution is -2.33. The Labute approximate surface area is 140 Å². The number of carboxylic acids is 1. The van der Waals surface area contributed by atoms with E-state index in [1.54, 1.807) is 24.1 Å². The smallest absolute Gasteiger partial charge is 0.339 e. The van der Waals surface area contributed by atoms with E-state index in [2.05, 4.69) is 0 Å². The third kappa shape index (κ3) is 3.25. The SMILES string of the molecule is CN1C(=O)CCC1COc1ccc(-c2ccccc2)cc1C(=O)O. The van der Waals surface area contributed by atoms with E-state index < -0.39 is 5.97 Å². The van der Waals surface area contributed by atoms with Crippen LogP contribution in [0.1, 0.15) is 23.2 Å². The van der Waals surface area contributed by atoms with E-state index in [9.17, 15) is 14.7 Å². The van der Waals surface area contributed by atoms with Gasteiger partial charge in [-0.25, -0.2) is 4.79 Å². The molecule has 0 bridgehead atoms. The molecule has 1 aliphatic rings. The molecule has 5 heteroatoms. The first-order valence-electron chi connectivity index (χ1n) is 7.87. The molecule has 1 fully saturated rings. The van der Waals surface area contributed by atoms with Crippen LogP contribution in [0.4, 0.5) is 0 Å². The molecule has 1 heterocycles. The predicted octanol–water partition coefficient (Wildman–Crippen LogP) is 3.05. The van der Waals surface area contributed by atoms with Gasteiger partial charge in [-0.15, -0.1) is 0 Å². The van der Waals surface area contributed by atoms with Crippen molar-refractivity contribution in [2.24, 2.45) is 0 Å². The van der Waals surface area contributed by atoms with Gasteiger partial charge in [-0.3, -0.25) is 4.79 Å². The average molecular weight is 325 g/mol. The lowest BCUT2D eigenvalue weighted by atomic mass is 10.0. The maximum Gasteiger partial charge on any atom is 0.339 e. The van der Waals surface area contributed by atoms with Gasteiger partial charge in [0.15, 0.2) is 0 Å². The van der Waals surface area contributed by atoms with Gasteiger partial charge in [0.05, 0.1) is 6.04 Å². The second-order valence-electron chi connectivity index (χ2n) is 5.89. The molecule has 0 aliphatic carbocycles. The summed E-state index contributed by atoms with van der Waals surface area (Å²) in [7, 11) is 1.75. The van der Waals surface area contributed by atoms with Crippen molar-refractivity contribution in [2.75, 3.05) is 13.7 Å². The first kappa shape index (κ1) is 16.1. The number of likely N-dealkylation sites (N-methyl/N-ethyl adjacent to an activating group) is 1. The molecular formula is C19H19NO4. The van der Waals surface area contributed by atoms with Crippen LogP contribution in [0.2, 0.25) is 0 Å². The molecule has 0 saturated carbocycles. The highest BCUT2D eigenvalue weighted by molar-refractivity contribution is 5.92. The summed E-state index contributed by atoms with van der Waals surface area (Å²) in [6.07, 6.45) is 1.25. The maximum atomic E-state index is 11.6. The van der Waals surface area contributed by atoms with Gasteiger partial charge in [-0.1, -0.05) is 36.4 Å². The zero-order valence-corrected chi connectivity index (χ0v) is 13.4. The number of rotatable bonds is 5. The number of amides is 1. The summed E-state index contributed by atoms with van der Waals surface area (Å²) >= 11 is 0. The topological polar surface area (TPSA) is 66.8 Å². The van der Waals surface area contributed by atoms with Crippen molar-refractivity contribution in [3.05, 3.63) is 54.1 Å². The van der Waals surface area contributed by atoms with Gasteiger partial charge in [0.25, 0.3) is 0 Å². The molecule has 1 N–H and O–H groups in total. The average Bonchev–Trinajstić information content (AvgIpc) is 2.92. The standard InChI is InChI=1S/C19H19NO4/c1-20-15(8-10-18(20)21)12-24-17-9-7-14(11-16(17)19(22)23)13-5-3-2-4-6-13/h2-7,9,11,15H,8,10,12H2,1H3,(H,22,23). The van der Waals surface area contributed by atoms with Crippen molar-refractivity contribution in [2.45, 2.75) is 18.9 Å². The van der Waals surface area contributed by atoms with Crippen LogP contribution in [0.25, 0.3) is 11.1 Å². The largest absolute Gasteiger partial charge is 0.491 e. The number of nitrogens with zero attached hydrogens (tertiary/aromatic N) is 1. The van der Waals surface area contributed by atoms with E-state index >= 15 is 0 Å². The minimum Gasteiger partial charge on any atom is -0.491 e. The number of ether oxygens (including phenoxy) is 1. The Morgan fingerprint density at radius 1 is 1.21 bits per heavy atom. The Morgan fingerprint density at radius 2 is 1.96 bits per heavy atom. The molecule has 1 unspecified atom stereocenters. The molecule has 24 heavy (non-hydrogen) atoms. The molecular weight excluding hydrogens is 306 g/mol. The van der Waals surface area contributed by atoms with Crippen molar-refractivity contribution < 1.29 is 19.4 Å². The van der Waals surface area contributed by atoms with Gasteiger partial charge in [0.1, 0.15) is 17.9 Å². The summed E-state index contributed by atoms with van der Waals surface area (Å²) in [5.41, 5.74) is 1.91. The normalized spacial score (nSPS) is 17.1. The minimum atomic E-state index is -1.03. The molecule has 2 aromatic rings. The summed E-state index contributed by atoms with van der Waals surface area (Å²) in [6, 6.07) is 14.7. The minimum absolute atomic E-state index is 0.00653. The van der Waals surface area contributed by atoms with Crippen LogP contribution in [0, 0.1) is 0 Å². The van der Waals surface area contributed by atoms with Gasteiger partial charge < -0.3 is 14.7 Å². The van der Waals surface area contributed by atoms with Crippen molar-refractivity contribution in [3.63, 3.8) is 0 Å². The second-order valence-corrected chi connectivity index (χ2v) is 5.89. The van der Waals surface area contributed by atoms with Crippen LogP contribution in [-0.4, -0.2) is 41.6 Å². The summed E-state index contributed by atoms with van der Waals surface area (Å²) in [6.45, 7) is 0.299. The number of aromatic carboxylic acids is 1.